The van der Waals surface area contributed by atoms with Crippen molar-refractivity contribution < 1.29 is 19.7 Å². The molecule has 0 spiro atoms. The molecule has 0 saturated carbocycles. The summed E-state index contributed by atoms with van der Waals surface area (Å²) in [5.74, 6) is 0.519. The fourth-order valence-corrected chi connectivity index (χ4v) is 3.80. The minimum Gasteiger partial charge on any atom is -0.394 e. The number of aliphatic hydroxyl groups is 2. The highest BCUT2D eigenvalue weighted by Gasteiger charge is 2.36. The molecule has 0 bridgehead atoms. The fourth-order valence-electron chi connectivity index (χ4n) is 3.63. The van der Waals surface area contributed by atoms with Crippen LogP contribution in [0.25, 0.3) is 11.2 Å². The lowest BCUT2D eigenvalue weighted by molar-refractivity contribution is -0.127. The number of fused-ring (bicyclic) bond motifs is 1. The quantitative estimate of drug-likeness (QED) is 0.624. The lowest BCUT2D eigenvalue weighted by Crippen LogP contribution is -2.29. The fraction of sp³-hybridized carbons (Fsp3) is 0.625. The van der Waals surface area contributed by atoms with Crippen LogP contribution < -0.4 is 5.32 Å². The molecule has 4 atom stereocenters. The molecule has 0 aliphatic carbocycles. The van der Waals surface area contributed by atoms with Crippen molar-refractivity contribution in [3.8, 4) is 0 Å². The number of hydrogen-bond donors (Lipinski definition) is 3. The van der Waals surface area contributed by atoms with Gasteiger partial charge in [0.1, 0.15) is 6.10 Å². The number of hydrogen-bond acceptors (Lipinski definition) is 8. The first kappa shape index (κ1) is 18.4. The summed E-state index contributed by atoms with van der Waals surface area (Å²) in [7, 11) is 0. The van der Waals surface area contributed by atoms with E-state index < -0.39 is 18.4 Å². The molecule has 0 aromatic carbocycles. The molecule has 4 rings (SSSR count). The van der Waals surface area contributed by atoms with Crippen molar-refractivity contribution in [3.05, 3.63) is 11.6 Å². The Morgan fingerprint density at radius 2 is 2.30 bits per heavy atom. The zero-order chi connectivity index (χ0) is 19.1. The number of rotatable bonds is 4. The SMILES string of the molecule is CC(=O)N1CC[C@@H](Nc2nc(Cl)nc3c2ncn3[C@@H]2O[C@H](CO)C[C@H]2O)C1. The van der Waals surface area contributed by atoms with Gasteiger partial charge in [0.25, 0.3) is 0 Å². The number of aliphatic hydroxyl groups excluding tert-OH is 2. The topological polar surface area (TPSA) is 126 Å². The van der Waals surface area contributed by atoms with Crippen LogP contribution in [-0.2, 0) is 9.53 Å². The summed E-state index contributed by atoms with van der Waals surface area (Å²) in [5, 5.41) is 22.9. The van der Waals surface area contributed by atoms with Crippen LogP contribution in [0.5, 0.6) is 0 Å². The predicted octanol–water partition coefficient (Wildman–Crippen LogP) is 0.153. The van der Waals surface area contributed by atoms with Gasteiger partial charge in [-0.25, -0.2) is 4.98 Å². The molecule has 0 radical (unpaired) electrons. The Balaban J connectivity index is 1.62. The van der Waals surface area contributed by atoms with Gasteiger partial charge in [-0.05, 0) is 18.0 Å². The summed E-state index contributed by atoms with van der Waals surface area (Å²) in [6.07, 6.45) is 0.716. The van der Waals surface area contributed by atoms with E-state index in [4.69, 9.17) is 16.3 Å². The molecule has 11 heteroatoms. The molecular weight excluding hydrogens is 376 g/mol. The zero-order valence-electron chi connectivity index (χ0n) is 14.7. The van der Waals surface area contributed by atoms with Crippen molar-refractivity contribution in [2.75, 3.05) is 25.0 Å². The summed E-state index contributed by atoms with van der Waals surface area (Å²) in [6.45, 7) is 2.66. The third-order valence-corrected chi connectivity index (χ3v) is 5.18. The summed E-state index contributed by atoms with van der Waals surface area (Å²) in [6, 6.07) is 0.0420. The Kier molecular flexibility index (Phi) is 4.89. The van der Waals surface area contributed by atoms with Crippen LogP contribution in [0.15, 0.2) is 6.33 Å². The predicted molar refractivity (Wildman–Crippen MR) is 96.2 cm³/mol. The van der Waals surface area contributed by atoms with E-state index in [1.54, 1.807) is 16.4 Å². The van der Waals surface area contributed by atoms with Gasteiger partial charge in [0.2, 0.25) is 11.2 Å². The van der Waals surface area contributed by atoms with Crippen molar-refractivity contribution in [2.45, 2.75) is 44.2 Å². The molecule has 0 unspecified atom stereocenters. The average Bonchev–Trinajstić information content (AvgIpc) is 3.33. The molecule has 10 nitrogen and oxygen atoms in total. The van der Waals surface area contributed by atoms with Crippen LogP contribution in [0.4, 0.5) is 5.82 Å². The van der Waals surface area contributed by atoms with Crippen LogP contribution in [0.1, 0.15) is 26.0 Å². The number of ether oxygens (including phenoxy) is 1. The van der Waals surface area contributed by atoms with Crippen molar-refractivity contribution in [1.29, 1.82) is 0 Å². The lowest BCUT2D eigenvalue weighted by Gasteiger charge is -2.17. The van der Waals surface area contributed by atoms with Gasteiger partial charge < -0.3 is 25.2 Å². The number of nitrogens with zero attached hydrogens (tertiary/aromatic N) is 5. The van der Waals surface area contributed by atoms with Gasteiger partial charge in [0.05, 0.1) is 19.0 Å². The van der Waals surface area contributed by atoms with Crippen molar-refractivity contribution in [2.24, 2.45) is 0 Å². The molecule has 2 aliphatic rings. The number of anilines is 1. The Bertz CT molecular complexity index is 861. The minimum absolute atomic E-state index is 0.0411. The van der Waals surface area contributed by atoms with E-state index in [1.807, 2.05) is 0 Å². The first-order valence-corrected chi connectivity index (χ1v) is 9.20. The molecule has 27 heavy (non-hydrogen) atoms. The molecule has 2 aromatic heterocycles. The highest BCUT2D eigenvalue weighted by molar-refractivity contribution is 6.28. The Morgan fingerprint density at radius 3 is 2.96 bits per heavy atom. The summed E-state index contributed by atoms with van der Waals surface area (Å²) in [5.41, 5.74) is 0.936. The van der Waals surface area contributed by atoms with Gasteiger partial charge in [0.15, 0.2) is 23.2 Å². The maximum absolute atomic E-state index is 11.5. The number of amides is 1. The van der Waals surface area contributed by atoms with Gasteiger partial charge >= 0.3 is 0 Å². The third-order valence-electron chi connectivity index (χ3n) is 5.01. The Hall–Kier alpha value is -2.01. The molecule has 1 amide bonds. The second-order valence-corrected chi connectivity index (χ2v) is 7.23. The third kappa shape index (κ3) is 3.45. The second kappa shape index (κ2) is 7.19. The number of halogens is 1. The van der Waals surface area contributed by atoms with Crippen LogP contribution in [0.3, 0.4) is 0 Å². The van der Waals surface area contributed by atoms with Gasteiger partial charge in [0, 0.05) is 32.5 Å². The van der Waals surface area contributed by atoms with Gasteiger partial charge in [-0.15, -0.1) is 0 Å². The van der Waals surface area contributed by atoms with Crippen molar-refractivity contribution >= 4 is 34.5 Å². The first-order chi connectivity index (χ1) is 13.0. The molecule has 2 saturated heterocycles. The zero-order valence-corrected chi connectivity index (χ0v) is 15.5. The standard InChI is InChI=1S/C16H21ClN6O4/c1-8(25)22-3-2-9(5-22)19-13-12-14(21-16(17)20-13)23(7-18-12)15-11(26)4-10(6-24)27-15/h7,9-11,15,24,26H,2-6H2,1H3,(H,19,20,21)/t9-,10+,11-,15-/m1/s1. The van der Waals surface area contributed by atoms with E-state index in [-0.39, 0.29) is 23.8 Å². The number of imidazole rings is 1. The van der Waals surface area contributed by atoms with Gasteiger partial charge in [-0.2, -0.15) is 9.97 Å². The highest BCUT2D eigenvalue weighted by atomic mass is 35.5. The largest absolute Gasteiger partial charge is 0.394 e. The van der Waals surface area contributed by atoms with E-state index in [1.165, 1.54) is 6.33 Å². The number of carbonyl (C=O) groups is 1. The Morgan fingerprint density at radius 1 is 1.48 bits per heavy atom. The summed E-state index contributed by atoms with van der Waals surface area (Å²) in [4.78, 5) is 26.1. The molecule has 2 aliphatic heterocycles. The van der Waals surface area contributed by atoms with E-state index >= 15 is 0 Å². The summed E-state index contributed by atoms with van der Waals surface area (Å²) < 4.78 is 7.29. The maximum Gasteiger partial charge on any atom is 0.226 e. The molecule has 2 aromatic rings. The van der Waals surface area contributed by atoms with Crippen molar-refractivity contribution in [1.82, 2.24) is 24.4 Å². The average molecular weight is 397 g/mol. The number of aromatic nitrogens is 4. The van der Waals surface area contributed by atoms with Crippen LogP contribution in [0, 0.1) is 0 Å². The van der Waals surface area contributed by atoms with E-state index in [0.717, 1.165) is 6.42 Å². The maximum atomic E-state index is 11.5. The van der Waals surface area contributed by atoms with Crippen LogP contribution in [-0.4, -0.2) is 78.5 Å². The second-order valence-electron chi connectivity index (χ2n) is 6.89. The number of likely N-dealkylation sites (tertiary alicyclic amines) is 1. The van der Waals surface area contributed by atoms with E-state index in [9.17, 15) is 15.0 Å². The number of carbonyl (C=O) groups excluding carboxylic acids is 1. The van der Waals surface area contributed by atoms with E-state index in [2.05, 4.69) is 20.3 Å². The van der Waals surface area contributed by atoms with Gasteiger partial charge in [-0.3, -0.25) is 9.36 Å². The highest BCUT2D eigenvalue weighted by Crippen LogP contribution is 2.32. The van der Waals surface area contributed by atoms with Crippen molar-refractivity contribution in [3.63, 3.8) is 0 Å². The molecule has 146 valence electrons. The first-order valence-electron chi connectivity index (χ1n) is 8.82. The molecule has 2 fully saturated rings. The molecule has 4 heterocycles. The Labute approximate surface area is 160 Å². The van der Waals surface area contributed by atoms with Crippen LogP contribution in [0.2, 0.25) is 5.28 Å². The summed E-state index contributed by atoms with van der Waals surface area (Å²) >= 11 is 6.11. The van der Waals surface area contributed by atoms with E-state index in [0.29, 0.717) is 36.5 Å². The molecular formula is C16H21ClN6O4. The smallest absolute Gasteiger partial charge is 0.226 e. The normalized spacial score (nSPS) is 28.2. The monoisotopic (exact) mass is 396 g/mol. The molecule has 3 N–H and O–H groups in total. The van der Waals surface area contributed by atoms with Crippen LogP contribution >= 0.6 is 11.6 Å². The van der Waals surface area contributed by atoms with Gasteiger partial charge in [-0.1, -0.05) is 0 Å². The minimum atomic E-state index is -0.788. The lowest BCUT2D eigenvalue weighted by atomic mass is 10.2. The number of nitrogens with one attached hydrogen (secondary N) is 1.